The number of nitrogens with one attached hydrogen (secondary N) is 2. The summed E-state index contributed by atoms with van der Waals surface area (Å²) in [5.41, 5.74) is 1.12. The van der Waals surface area contributed by atoms with Gasteiger partial charge in [0, 0.05) is 31.2 Å². The maximum atomic E-state index is 5.67. The summed E-state index contributed by atoms with van der Waals surface area (Å²) in [5.74, 6) is 1.79. The summed E-state index contributed by atoms with van der Waals surface area (Å²) in [6.45, 7) is 11.6. The van der Waals surface area contributed by atoms with E-state index < -0.39 is 0 Å². The highest BCUT2D eigenvalue weighted by molar-refractivity contribution is 5.79. The van der Waals surface area contributed by atoms with Crippen LogP contribution in [0.2, 0.25) is 0 Å². The van der Waals surface area contributed by atoms with Crippen molar-refractivity contribution < 1.29 is 4.74 Å². The first-order chi connectivity index (χ1) is 11.8. The quantitative estimate of drug-likeness (QED) is 0.511. The summed E-state index contributed by atoms with van der Waals surface area (Å²) >= 11 is 0. The molecule has 0 aromatic heterocycles. The third kappa shape index (κ3) is 6.04. The van der Waals surface area contributed by atoms with E-state index >= 15 is 0 Å². The molecule has 0 bridgehead atoms. The first-order valence-corrected chi connectivity index (χ1v) is 9.25. The Labute approximate surface area is 146 Å². The monoisotopic (exact) mass is 332 g/mol. The Morgan fingerprint density at radius 1 is 1.21 bits per heavy atom. The fourth-order valence-electron chi connectivity index (χ4n) is 2.79. The molecule has 0 spiro atoms. The topological polar surface area (TPSA) is 48.9 Å². The molecule has 0 heterocycles. The molecule has 0 radical (unpaired) electrons. The van der Waals surface area contributed by atoms with Crippen LogP contribution in [0.1, 0.15) is 39.2 Å². The molecular weight excluding hydrogens is 300 g/mol. The van der Waals surface area contributed by atoms with Crippen LogP contribution in [0.15, 0.2) is 29.3 Å². The lowest BCUT2D eigenvalue weighted by Gasteiger charge is -2.20. The largest absolute Gasteiger partial charge is 0.494 e. The number of hydrogen-bond donors (Lipinski definition) is 2. The predicted molar refractivity (Wildman–Crippen MR) is 101 cm³/mol. The van der Waals surface area contributed by atoms with Gasteiger partial charge in [-0.2, -0.15) is 0 Å². The summed E-state index contributed by atoms with van der Waals surface area (Å²) < 4.78 is 5.67. The number of benzene rings is 1. The van der Waals surface area contributed by atoms with Crippen LogP contribution in [-0.4, -0.2) is 49.7 Å². The molecule has 134 valence electrons. The minimum atomic E-state index is 0.617. The Morgan fingerprint density at radius 3 is 2.67 bits per heavy atom. The lowest BCUT2D eigenvalue weighted by molar-refractivity contribution is 0.282. The highest BCUT2D eigenvalue weighted by Crippen LogP contribution is 2.25. The molecule has 2 N–H and O–H groups in total. The second kappa shape index (κ2) is 10.2. The van der Waals surface area contributed by atoms with E-state index in [9.17, 15) is 0 Å². The van der Waals surface area contributed by atoms with E-state index in [1.54, 1.807) is 0 Å². The van der Waals surface area contributed by atoms with Gasteiger partial charge in [-0.1, -0.05) is 25.1 Å². The van der Waals surface area contributed by atoms with E-state index in [-0.39, 0.29) is 0 Å². The summed E-state index contributed by atoms with van der Waals surface area (Å²) in [6.07, 6.45) is 2.71. The van der Waals surface area contributed by atoms with Gasteiger partial charge in [0.05, 0.1) is 13.2 Å². The lowest BCUT2D eigenvalue weighted by Crippen LogP contribution is -2.42. The van der Waals surface area contributed by atoms with E-state index in [1.165, 1.54) is 12.8 Å². The molecule has 5 nitrogen and oxygen atoms in total. The average Bonchev–Trinajstić information content (AvgIpc) is 3.43. The number of hydrogen-bond acceptors (Lipinski definition) is 3. The maximum Gasteiger partial charge on any atom is 0.191 e. The average molecular weight is 332 g/mol. The summed E-state index contributed by atoms with van der Waals surface area (Å²) in [7, 11) is 0. The first-order valence-electron chi connectivity index (χ1n) is 9.25. The standard InChI is InChI=1S/C19H32N4O/c1-4-20-19(21-13-14-23(5-2)17-11-12-17)22-15-16-9-7-8-10-18(16)24-6-3/h7-10,17H,4-6,11-15H2,1-3H3,(H2,20,21,22). The van der Waals surface area contributed by atoms with E-state index in [0.717, 1.165) is 49.5 Å². The van der Waals surface area contributed by atoms with Gasteiger partial charge in [-0.15, -0.1) is 0 Å². The van der Waals surface area contributed by atoms with Gasteiger partial charge in [-0.05, 0) is 39.3 Å². The van der Waals surface area contributed by atoms with Gasteiger partial charge in [0.2, 0.25) is 0 Å². The van der Waals surface area contributed by atoms with E-state index in [1.807, 2.05) is 25.1 Å². The van der Waals surface area contributed by atoms with Gasteiger partial charge in [0.25, 0.3) is 0 Å². The molecule has 1 aliphatic rings. The molecule has 0 atom stereocenters. The van der Waals surface area contributed by atoms with Crippen molar-refractivity contribution in [3.63, 3.8) is 0 Å². The first kappa shape index (κ1) is 18.6. The molecule has 0 unspecified atom stereocenters. The van der Waals surface area contributed by atoms with Gasteiger partial charge in [-0.3, -0.25) is 4.90 Å². The minimum Gasteiger partial charge on any atom is -0.494 e. The van der Waals surface area contributed by atoms with Gasteiger partial charge in [0.1, 0.15) is 5.75 Å². The van der Waals surface area contributed by atoms with Crippen molar-refractivity contribution >= 4 is 5.96 Å². The van der Waals surface area contributed by atoms with Crippen LogP contribution < -0.4 is 15.4 Å². The number of ether oxygens (including phenoxy) is 1. The molecule has 1 fully saturated rings. The fraction of sp³-hybridized carbons (Fsp3) is 0.632. The Bertz CT molecular complexity index is 514. The molecule has 0 amide bonds. The Morgan fingerprint density at radius 2 is 2.00 bits per heavy atom. The van der Waals surface area contributed by atoms with Crippen molar-refractivity contribution in [1.29, 1.82) is 0 Å². The predicted octanol–water partition coefficient (Wildman–Crippen LogP) is 2.62. The second-order valence-electron chi connectivity index (χ2n) is 6.02. The number of para-hydroxylation sites is 1. The third-order valence-electron chi connectivity index (χ3n) is 4.19. The summed E-state index contributed by atoms with van der Waals surface area (Å²) in [4.78, 5) is 7.25. The van der Waals surface area contributed by atoms with Crippen LogP contribution in [0.5, 0.6) is 5.75 Å². The van der Waals surface area contributed by atoms with Crippen LogP contribution in [0.4, 0.5) is 0 Å². The molecular formula is C19H32N4O. The molecule has 1 aromatic rings. The van der Waals surface area contributed by atoms with Gasteiger partial charge < -0.3 is 15.4 Å². The van der Waals surface area contributed by atoms with Crippen molar-refractivity contribution in [1.82, 2.24) is 15.5 Å². The molecule has 0 saturated heterocycles. The maximum absolute atomic E-state index is 5.67. The van der Waals surface area contributed by atoms with Gasteiger partial charge >= 0.3 is 0 Å². The van der Waals surface area contributed by atoms with Gasteiger partial charge in [-0.25, -0.2) is 4.99 Å². The lowest BCUT2D eigenvalue weighted by atomic mass is 10.2. The molecule has 1 aliphatic carbocycles. The Kier molecular flexibility index (Phi) is 7.89. The van der Waals surface area contributed by atoms with Crippen LogP contribution in [-0.2, 0) is 6.54 Å². The normalized spacial score (nSPS) is 14.8. The molecule has 1 aromatic carbocycles. The number of guanidine groups is 1. The number of nitrogens with zero attached hydrogens (tertiary/aromatic N) is 2. The van der Waals surface area contributed by atoms with E-state index in [2.05, 4.69) is 35.4 Å². The zero-order chi connectivity index (χ0) is 17.2. The smallest absolute Gasteiger partial charge is 0.191 e. The van der Waals surface area contributed by atoms with E-state index in [0.29, 0.717) is 13.2 Å². The molecule has 1 saturated carbocycles. The van der Waals surface area contributed by atoms with Crippen LogP contribution in [0.3, 0.4) is 0 Å². The van der Waals surface area contributed by atoms with Crippen LogP contribution in [0, 0.1) is 0 Å². The number of aliphatic imine (C=N–C) groups is 1. The SMILES string of the molecule is CCNC(=NCc1ccccc1OCC)NCCN(CC)C1CC1. The number of rotatable bonds is 10. The zero-order valence-corrected chi connectivity index (χ0v) is 15.3. The van der Waals surface area contributed by atoms with E-state index in [4.69, 9.17) is 9.73 Å². The summed E-state index contributed by atoms with van der Waals surface area (Å²) in [6, 6.07) is 8.92. The second-order valence-corrected chi connectivity index (χ2v) is 6.02. The Balaban J connectivity index is 1.87. The van der Waals surface area contributed by atoms with Crippen LogP contribution in [0.25, 0.3) is 0 Å². The third-order valence-corrected chi connectivity index (χ3v) is 4.19. The zero-order valence-electron chi connectivity index (χ0n) is 15.3. The molecule has 5 heteroatoms. The minimum absolute atomic E-state index is 0.617. The molecule has 0 aliphatic heterocycles. The van der Waals surface area contributed by atoms with Crippen molar-refractivity contribution in [2.24, 2.45) is 4.99 Å². The van der Waals surface area contributed by atoms with Crippen molar-refractivity contribution in [2.75, 3.05) is 32.8 Å². The summed E-state index contributed by atoms with van der Waals surface area (Å²) in [5, 5.41) is 6.77. The van der Waals surface area contributed by atoms with Crippen molar-refractivity contribution in [3.8, 4) is 5.75 Å². The molecule has 2 rings (SSSR count). The van der Waals surface area contributed by atoms with Gasteiger partial charge in [0.15, 0.2) is 5.96 Å². The van der Waals surface area contributed by atoms with Crippen molar-refractivity contribution in [3.05, 3.63) is 29.8 Å². The highest BCUT2D eigenvalue weighted by Gasteiger charge is 2.27. The number of likely N-dealkylation sites (N-methyl/N-ethyl adjacent to an activating group) is 1. The van der Waals surface area contributed by atoms with Crippen LogP contribution >= 0.6 is 0 Å². The molecule has 24 heavy (non-hydrogen) atoms. The Hall–Kier alpha value is -1.75. The highest BCUT2D eigenvalue weighted by atomic mass is 16.5. The fourth-order valence-corrected chi connectivity index (χ4v) is 2.79. The van der Waals surface area contributed by atoms with Crippen molar-refractivity contribution in [2.45, 2.75) is 46.2 Å².